The van der Waals surface area contributed by atoms with Crippen LogP contribution in [-0.4, -0.2) is 18.5 Å². The van der Waals surface area contributed by atoms with E-state index in [1.165, 1.54) is 23.8 Å². The lowest BCUT2D eigenvalue weighted by atomic mass is 10.0. The summed E-state index contributed by atoms with van der Waals surface area (Å²) in [6.07, 6.45) is 2.86. The van der Waals surface area contributed by atoms with Crippen LogP contribution in [0.1, 0.15) is 30.9 Å². The van der Waals surface area contributed by atoms with Crippen LogP contribution in [-0.2, 0) is 14.3 Å². The summed E-state index contributed by atoms with van der Waals surface area (Å²) in [6, 6.07) is 11.4. The van der Waals surface area contributed by atoms with Crippen LogP contribution in [0.4, 0.5) is 10.1 Å². The van der Waals surface area contributed by atoms with Crippen molar-refractivity contribution in [3.05, 3.63) is 70.5 Å². The van der Waals surface area contributed by atoms with E-state index in [2.05, 4.69) is 19.2 Å². The molecule has 2 aromatic rings. The molecular formula is C20H19ClFNO3. The van der Waals surface area contributed by atoms with Gasteiger partial charge in [-0.2, -0.15) is 0 Å². The molecule has 0 atom stereocenters. The average molecular weight is 376 g/mol. The van der Waals surface area contributed by atoms with Gasteiger partial charge >= 0.3 is 5.97 Å². The fourth-order valence-corrected chi connectivity index (χ4v) is 2.33. The molecule has 2 aromatic carbocycles. The van der Waals surface area contributed by atoms with Gasteiger partial charge in [-0.1, -0.05) is 49.7 Å². The molecule has 0 fully saturated rings. The number of nitrogens with one attached hydrogen (secondary N) is 1. The summed E-state index contributed by atoms with van der Waals surface area (Å²) < 4.78 is 17.8. The number of ether oxygens (including phenoxy) is 1. The number of anilines is 1. The number of amides is 1. The van der Waals surface area contributed by atoms with Gasteiger partial charge in [-0.05, 0) is 41.3 Å². The van der Waals surface area contributed by atoms with Gasteiger partial charge in [-0.3, -0.25) is 4.79 Å². The second-order valence-electron chi connectivity index (χ2n) is 5.93. The summed E-state index contributed by atoms with van der Waals surface area (Å²) >= 11 is 5.81. The highest BCUT2D eigenvalue weighted by Gasteiger charge is 2.09. The van der Waals surface area contributed by atoms with Gasteiger partial charge in [0, 0.05) is 6.08 Å². The van der Waals surface area contributed by atoms with Crippen LogP contribution in [0, 0.1) is 5.82 Å². The van der Waals surface area contributed by atoms with Gasteiger partial charge in [-0.15, -0.1) is 0 Å². The van der Waals surface area contributed by atoms with E-state index < -0.39 is 24.3 Å². The molecule has 0 bridgehead atoms. The second-order valence-corrected chi connectivity index (χ2v) is 6.34. The maximum absolute atomic E-state index is 13.0. The Labute approximate surface area is 156 Å². The predicted octanol–water partition coefficient (Wildman–Crippen LogP) is 4.80. The molecule has 0 aromatic heterocycles. The molecule has 0 spiro atoms. The minimum atomic E-state index is -0.640. The quantitative estimate of drug-likeness (QED) is 0.583. The van der Waals surface area contributed by atoms with Crippen LogP contribution < -0.4 is 5.32 Å². The minimum absolute atomic E-state index is 0.0643. The Kier molecular flexibility index (Phi) is 6.92. The Balaban J connectivity index is 1.83. The van der Waals surface area contributed by atoms with Crippen LogP contribution in [0.15, 0.2) is 48.5 Å². The molecular weight excluding hydrogens is 357 g/mol. The van der Waals surface area contributed by atoms with Crippen LogP contribution in [0.5, 0.6) is 0 Å². The van der Waals surface area contributed by atoms with Crippen molar-refractivity contribution in [3.63, 3.8) is 0 Å². The number of hydrogen-bond donors (Lipinski definition) is 1. The SMILES string of the molecule is CC(C)c1ccc(/C=C/C(=O)OCC(=O)Nc2ccc(F)cc2Cl)cc1. The zero-order valence-corrected chi connectivity index (χ0v) is 15.2. The molecule has 0 radical (unpaired) electrons. The van der Waals surface area contributed by atoms with Gasteiger partial charge in [0.25, 0.3) is 5.91 Å². The first-order chi connectivity index (χ1) is 12.3. The van der Waals surface area contributed by atoms with E-state index in [9.17, 15) is 14.0 Å². The summed E-state index contributed by atoms with van der Waals surface area (Å²) in [5, 5.41) is 2.51. The fraction of sp³-hybridized carbons (Fsp3) is 0.200. The number of carbonyl (C=O) groups excluding carboxylic acids is 2. The van der Waals surface area contributed by atoms with Gasteiger partial charge in [-0.25, -0.2) is 9.18 Å². The molecule has 0 saturated heterocycles. The minimum Gasteiger partial charge on any atom is -0.452 e. The average Bonchev–Trinajstić information content (AvgIpc) is 2.61. The molecule has 136 valence electrons. The normalized spacial score (nSPS) is 11.0. The van der Waals surface area contributed by atoms with E-state index in [0.717, 1.165) is 11.6 Å². The third-order valence-corrected chi connectivity index (χ3v) is 3.88. The fourth-order valence-electron chi connectivity index (χ4n) is 2.12. The van der Waals surface area contributed by atoms with E-state index in [0.29, 0.717) is 5.92 Å². The molecule has 0 aliphatic rings. The number of benzene rings is 2. The van der Waals surface area contributed by atoms with Crippen molar-refractivity contribution in [3.8, 4) is 0 Å². The molecule has 0 unspecified atom stereocenters. The van der Waals surface area contributed by atoms with E-state index in [1.54, 1.807) is 6.08 Å². The highest BCUT2D eigenvalue weighted by Crippen LogP contribution is 2.22. The Hall–Kier alpha value is -2.66. The smallest absolute Gasteiger partial charge is 0.331 e. The topological polar surface area (TPSA) is 55.4 Å². The van der Waals surface area contributed by atoms with E-state index in [1.807, 2.05) is 24.3 Å². The van der Waals surface area contributed by atoms with Crippen LogP contribution in [0.2, 0.25) is 5.02 Å². The van der Waals surface area contributed by atoms with Gasteiger partial charge < -0.3 is 10.1 Å². The summed E-state index contributed by atoms with van der Waals surface area (Å²) in [5.74, 6) is -1.28. The summed E-state index contributed by atoms with van der Waals surface area (Å²) in [6.45, 7) is 3.74. The number of rotatable bonds is 6. The van der Waals surface area contributed by atoms with Crippen molar-refractivity contribution in [1.29, 1.82) is 0 Å². The lowest BCUT2D eigenvalue weighted by Crippen LogP contribution is -2.20. The first-order valence-corrected chi connectivity index (χ1v) is 8.42. The summed E-state index contributed by atoms with van der Waals surface area (Å²) in [7, 11) is 0. The van der Waals surface area contributed by atoms with E-state index in [4.69, 9.17) is 16.3 Å². The van der Waals surface area contributed by atoms with Crippen LogP contribution in [0.3, 0.4) is 0 Å². The molecule has 0 aliphatic carbocycles. The maximum Gasteiger partial charge on any atom is 0.331 e. The third kappa shape index (κ3) is 6.01. The zero-order chi connectivity index (χ0) is 19.1. The van der Waals surface area contributed by atoms with Gasteiger partial charge in [0.05, 0.1) is 10.7 Å². The van der Waals surface area contributed by atoms with Gasteiger partial charge in [0.2, 0.25) is 0 Å². The van der Waals surface area contributed by atoms with Crippen molar-refractivity contribution in [2.45, 2.75) is 19.8 Å². The standard InChI is InChI=1S/C20H19ClFNO3/c1-13(2)15-6-3-14(4-7-15)5-10-20(25)26-12-19(24)23-18-9-8-16(22)11-17(18)21/h3-11,13H,12H2,1-2H3,(H,23,24)/b10-5+. The van der Waals surface area contributed by atoms with Crippen LogP contribution in [0.25, 0.3) is 6.08 Å². The number of esters is 1. The highest BCUT2D eigenvalue weighted by molar-refractivity contribution is 6.33. The molecule has 2 rings (SSSR count). The Morgan fingerprint density at radius 3 is 2.50 bits per heavy atom. The number of carbonyl (C=O) groups is 2. The molecule has 6 heteroatoms. The number of hydrogen-bond acceptors (Lipinski definition) is 3. The number of halogens is 2. The largest absolute Gasteiger partial charge is 0.452 e. The van der Waals surface area contributed by atoms with E-state index >= 15 is 0 Å². The molecule has 0 saturated carbocycles. The predicted molar refractivity (Wildman–Crippen MR) is 101 cm³/mol. The Morgan fingerprint density at radius 2 is 1.88 bits per heavy atom. The lowest BCUT2D eigenvalue weighted by Gasteiger charge is -2.07. The maximum atomic E-state index is 13.0. The highest BCUT2D eigenvalue weighted by atomic mass is 35.5. The van der Waals surface area contributed by atoms with Crippen molar-refractivity contribution in [2.24, 2.45) is 0 Å². The van der Waals surface area contributed by atoms with E-state index in [-0.39, 0.29) is 10.7 Å². The first-order valence-electron chi connectivity index (χ1n) is 8.05. The van der Waals surface area contributed by atoms with Gasteiger partial charge in [0.1, 0.15) is 5.82 Å². The molecule has 0 heterocycles. The molecule has 1 N–H and O–H groups in total. The molecule has 0 aliphatic heterocycles. The Bertz CT molecular complexity index is 816. The van der Waals surface area contributed by atoms with Crippen molar-refractivity contribution in [2.75, 3.05) is 11.9 Å². The second kappa shape index (κ2) is 9.15. The third-order valence-electron chi connectivity index (χ3n) is 3.57. The Morgan fingerprint density at radius 1 is 1.19 bits per heavy atom. The summed E-state index contributed by atoms with van der Waals surface area (Å²) in [5.41, 5.74) is 2.31. The lowest BCUT2D eigenvalue weighted by molar-refractivity contribution is -0.142. The molecule has 4 nitrogen and oxygen atoms in total. The van der Waals surface area contributed by atoms with Crippen molar-refractivity contribution in [1.82, 2.24) is 0 Å². The zero-order valence-electron chi connectivity index (χ0n) is 14.5. The first kappa shape index (κ1) is 19.7. The van der Waals surface area contributed by atoms with Gasteiger partial charge in [0.15, 0.2) is 6.61 Å². The molecule has 1 amide bonds. The summed E-state index contributed by atoms with van der Waals surface area (Å²) in [4.78, 5) is 23.5. The van der Waals surface area contributed by atoms with Crippen molar-refractivity contribution >= 4 is 35.2 Å². The van der Waals surface area contributed by atoms with Crippen molar-refractivity contribution < 1.29 is 18.7 Å². The van der Waals surface area contributed by atoms with Crippen LogP contribution >= 0.6 is 11.6 Å². The molecule has 26 heavy (non-hydrogen) atoms. The monoisotopic (exact) mass is 375 g/mol.